The van der Waals surface area contributed by atoms with Gasteiger partial charge >= 0.3 is 0 Å². The van der Waals surface area contributed by atoms with E-state index in [2.05, 4.69) is 85.8 Å². The van der Waals surface area contributed by atoms with Gasteiger partial charge in [0.15, 0.2) is 0 Å². The minimum absolute atomic E-state index is 0.881. The molecule has 0 unspecified atom stereocenters. The molecule has 0 aliphatic heterocycles. The van der Waals surface area contributed by atoms with Crippen molar-refractivity contribution in [3.8, 4) is 33.8 Å². The van der Waals surface area contributed by atoms with Crippen molar-refractivity contribution >= 4 is 10.8 Å². The van der Waals surface area contributed by atoms with Gasteiger partial charge < -0.3 is 0 Å². The molecule has 0 amide bonds. The van der Waals surface area contributed by atoms with Gasteiger partial charge in [-0.1, -0.05) is 91.0 Å². The Morgan fingerprint density at radius 3 is 2.14 bits per heavy atom. The van der Waals surface area contributed by atoms with Crippen molar-refractivity contribution in [3.63, 3.8) is 0 Å². The molecule has 5 rings (SSSR count). The second kappa shape index (κ2) is 7.33. The van der Waals surface area contributed by atoms with Crippen molar-refractivity contribution in [2.45, 2.75) is 6.92 Å². The molecular weight excluding hydrogens is 352 g/mol. The van der Waals surface area contributed by atoms with Gasteiger partial charge in [-0.25, -0.2) is 4.98 Å². The van der Waals surface area contributed by atoms with Crippen molar-refractivity contribution in [1.29, 1.82) is 0 Å². The number of rotatable bonds is 3. The lowest BCUT2D eigenvalue weighted by Gasteiger charge is -2.13. The van der Waals surface area contributed by atoms with Crippen molar-refractivity contribution in [2.24, 2.45) is 0 Å². The molecule has 4 aromatic carbocycles. The molecule has 1 aromatic heterocycles. The number of aromatic nitrogens is 2. The van der Waals surface area contributed by atoms with Crippen molar-refractivity contribution < 1.29 is 0 Å². The summed E-state index contributed by atoms with van der Waals surface area (Å²) >= 11 is 0. The lowest BCUT2D eigenvalue weighted by atomic mass is 9.98. The second-order valence-electron chi connectivity index (χ2n) is 7.20. The molecule has 0 atom stereocenters. The first-order chi connectivity index (χ1) is 14.3. The molecule has 2 nitrogen and oxygen atoms in total. The fraction of sp³-hybridized carbons (Fsp3) is 0.0370. The van der Waals surface area contributed by atoms with E-state index >= 15 is 0 Å². The van der Waals surface area contributed by atoms with E-state index in [1.54, 1.807) is 0 Å². The Morgan fingerprint density at radius 2 is 1.31 bits per heavy atom. The summed E-state index contributed by atoms with van der Waals surface area (Å²) in [6.45, 7) is 2.12. The molecule has 0 saturated heterocycles. The fourth-order valence-electron chi connectivity index (χ4n) is 3.71. The third-order valence-corrected chi connectivity index (χ3v) is 5.27. The molecule has 0 bridgehead atoms. The molecule has 29 heavy (non-hydrogen) atoms. The Balaban J connectivity index is 1.76. The average molecular weight is 372 g/mol. The molecule has 0 N–H and O–H groups in total. The quantitative estimate of drug-likeness (QED) is 0.343. The van der Waals surface area contributed by atoms with Crippen LogP contribution in [0.5, 0.6) is 0 Å². The van der Waals surface area contributed by atoms with Crippen LogP contribution in [0.1, 0.15) is 5.56 Å². The first-order valence-corrected chi connectivity index (χ1v) is 9.77. The number of nitrogens with zero attached hydrogens (tertiary/aromatic N) is 2. The Labute approximate surface area is 170 Å². The molecule has 0 aliphatic carbocycles. The Hall–Kier alpha value is -3.78. The van der Waals surface area contributed by atoms with Crippen LogP contribution < -0.4 is 0 Å². The number of hydrogen-bond donors (Lipinski definition) is 0. The zero-order valence-corrected chi connectivity index (χ0v) is 16.2. The molecule has 5 aromatic rings. The van der Waals surface area contributed by atoms with Crippen LogP contribution >= 0.6 is 0 Å². The molecule has 0 aliphatic rings. The van der Waals surface area contributed by atoms with E-state index in [0.717, 1.165) is 33.8 Å². The molecule has 0 radical (unpaired) electrons. The standard InChI is InChI=1S/C27H20N2/c1-19-9-5-8-14-24(19)27-26(23-16-15-20-10-6-7-13-22(20)17-23)29-25(18-28-27)21-11-3-2-4-12-21/h2-18H,1H3. The van der Waals surface area contributed by atoms with Crippen LogP contribution in [0.15, 0.2) is 103 Å². The summed E-state index contributed by atoms with van der Waals surface area (Å²) in [6, 6.07) is 33.5. The molecule has 138 valence electrons. The van der Waals surface area contributed by atoms with E-state index in [1.807, 2.05) is 24.4 Å². The van der Waals surface area contributed by atoms with Crippen molar-refractivity contribution in [2.75, 3.05) is 0 Å². The van der Waals surface area contributed by atoms with E-state index in [1.165, 1.54) is 16.3 Å². The van der Waals surface area contributed by atoms with Crippen molar-refractivity contribution in [1.82, 2.24) is 9.97 Å². The summed E-state index contributed by atoms with van der Waals surface area (Å²) in [5, 5.41) is 2.42. The van der Waals surface area contributed by atoms with Crippen LogP contribution in [0.3, 0.4) is 0 Å². The van der Waals surface area contributed by atoms with Gasteiger partial charge in [0.25, 0.3) is 0 Å². The maximum Gasteiger partial charge on any atom is 0.0973 e. The van der Waals surface area contributed by atoms with Gasteiger partial charge in [0.05, 0.1) is 23.3 Å². The Morgan fingerprint density at radius 1 is 0.586 bits per heavy atom. The zero-order valence-electron chi connectivity index (χ0n) is 16.2. The maximum atomic E-state index is 5.07. The molecule has 0 fully saturated rings. The molecular formula is C27H20N2. The van der Waals surface area contributed by atoms with Crippen LogP contribution in [0.25, 0.3) is 44.5 Å². The van der Waals surface area contributed by atoms with Crippen LogP contribution in [-0.2, 0) is 0 Å². The third kappa shape index (κ3) is 3.30. The molecule has 0 saturated carbocycles. The van der Waals surface area contributed by atoms with Gasteiger partial charge in [-0.05, 0) is 29.3 Å². The zero-order chi connectivity index (χ0) is 19.6. The highest BCUT2D eigenvalue weighted by Gasteiger charge is 2.15. The predicted molar refractivity (Wildman–Crippen MR) is 121 cm³/mol. The lowest BCUT2D eigenvalue weighted by molar-refractivity contribution is 1.21. The van der Waals surface area contributed by atoms with Crippen molar-refractivity contribution in [3.05, 3.63) is 109 Å². The highest BCUT2D eigenvalue weighted by molar-refractivity contribution is 5.90. The van der Waals surface area contributed by atoms with Crippen LogP contribution in [0.2, 0.25) is 0 Å². The summed E-state index contributed by atoms with van der Waals surface area (Å²) in [5.41, 5.74) is 7.15. The predicted octanol–water partition coefficient (Wildman–Crippen LogP) is 6.94. The lowest BCUT2D eigenvalue weighted by Crippen LogP contribution is -1.97. The van der Waals surface area contributed by atoms with Gasteiger partial charge in [-0.3, -0.25) is 4.98 Å². The monoisotopic (exact) mass is 372 g/mol. The van der Waals surface area contributed by atoms with Crippen LogP contribution in [0.4, 0.5) is 0 Å². The summed E-state index contributed by atoms with van der Waals surface area (Å²) in [5.74, 6) is 0. The van der Waals surface area contributed by atoms with Gasteiger partial charge in [-0.15, -0.1) is 0 Å². The Bertz CT molecular complexity index is 1310. The van der Waals surface area contributed by atoms with Crippen LogP contribution in [-0.4, -0.2) is 9.97 Å². The second-order valence-corrected chi connectivity index (χ2v) is 7.20. The normalized spacial score (nSPS) is 10.9. The molecule has 2 heteroatoms. The number of fused-ring (bicyclic) bond motifs is 1. The number of hydrogen-bond acceptors (Lipinski definition) is 2. The van der Waals surface area contributed by atoms with Gasteiger partial charge in [-0.2, -0.15) is 0 Å². The van der Waals surface area contributed by atoms with E-state index in [9.17, 15) is 0 Å². The smallest absolute Gasteiger partial charge is 0.0973 e. The summed E-state index contributed by atoms with van der Waals surface area (Å²) in [4.78, 5) is 9.96. The highest BCUT2D eigenvalue weighted by atomic mass is 14.8. The number of aryl methyl sites for hydroxylation is 1. The SMILES string of the molecule is Cc1ccccc1-c1ncc(-c2ccccc2)nc1-c1ccc2ccccc2c1. The topological polar surface area (TPSA) is 25.8 Å². The van der Waals surface area contributed by atoms with E-state index in [4.69, 9.17) is 9.97 Å². The van der Waals surface area contributed by atoms with Crippen LogP contribution in [0, 0.1) is 6.92 Å². The average Bonchev–Trinajstić information content (AvgIpc) is 2.79. The van der Waals surface area contributed by atoms with E-state index in [-0.39, 0.29) is 0 Å². The minimum Gasteiger partial charge on any atom is -0.252 e. The van der Waals surface area contributed by atoms with E-state index in [0.29, 0.717) is 0 Å². The molecule has 1 heterocycles. The Kier molecular flexibility index (Phi) is 4.38. The number of benzene rings is 4. The summed E-state index contributed by atoms with van der Waals surface area (Å²) in [7, 11) is 0. The summed E-state index contributed by atoms with van der Waals surface area (Å²) in [6.07, 6.45) is 1.88. The summed E-state index contributed by atoms with van der Waals surface area (Å²) < 4.78 is 0. The van der Waals surface area contributed by atoms with Gasteiger partial charge in [0, 0.05) is 16.7 Å². The van der Waals surface area contributed by atoms with E-state index < -0.39 is 0 Å². The fourth-order valence-corrected chi connectivity index (χ4v) is 3.71. The highest BCUT2D eigenvalue weighted by Crippen LogP contribution is 2.34. The molecule has 0 spiro atoms. The third-order valence-electron chi connectivity index (χ3n) is 5.27. The first-order valence-electron chi connectivity index (χ1n) is 9.77. The largest absolute Gasteiger partial charge is 0.252 e. The first kappa shape index (κ1) is 17.3. The minimum atomic E-state index is 0.881. The van der Waals surface area contributed by atoms with Gasteiger partial charge in [0.2, 0.25) is 0 Å². The van der Waals surface area contributed by atoms with Gasteiger partial charge in [0.1, 0.15) is 0 Å². The maximum absolute atomic E-state index is 5.07.